The van der Waals surface area contributed by atoms with Crippen LogP contribution in [0.1, 0.15) is 6.92 Å². The molecular formula is C11H8F17N. The summed E-state index contributed by atoms with van der Waals surface area (Å²) in [5.41, 5.74) is 0. The Hall–Kier alpha value is -1.23. The van der Waals surface area contributed by atoms with Crippen LogP contribution in [0.25, 0.3) is 0 Å². The average molecular weight is 477 g/mol. The Morgan fingerprint density at radius 1 is 0.448 bits per heavy atom. The second-order valence-corrected chi connectivity index (χ2v) is 5.70. The first-order valence-electron chi connectivity index (χ1n) is 6.63. The van der Waals surface area contributed by atoms with E-state index in [1.54, 1.807) is 0 Å². The minimum Gasteiger partial charge on any atom is -0.305 e. The van der Waals surface area contributed by atoms with Gasteiger partial charge in [-0.2, -0.15) is 74.6 Å². The van der Waals surface area contributed by atoms with Crippen LogP contribution in [0.3, 0.4) is 0 Å². The quantitative estimate of drug-likeness (QED) is 0.427. The van der Waals surface area contributed by atoms with E-state index in [0.29, 0.717) is 0 Å². The van der Waals surface area contributed by atoms with Crippen LogP contribution in [0.2, 0.25) is 0 Å². The van der Waals surface area contributed by atoms with E-state index >= 15 is 0 Å². The summed E-state index contributed by atoms with van der Waals surface area (Å²) >= 11 is 0. The first-order chi connectivity index (χ1) is 12.2. The fourth-order valence-corrected chi connectivity index (χ4v) is 1.51. The van der Waals surface area contributed by atoms with Crippen LogP contribution in [0, 0.1) is 0 Å². The Balaban J connectivity index is 5.55. The molecule has 0 amide bonds. The summed E-state index contributed by atoms with van der Waals surface area (Å²) < 4.78 is 215. The highest BCUT2D eigenvalue weighted by Crippen LogP contribution is 2.54. The lowest BCUT2D eigenvalue weighted by Crippen LogP contribution is -2.66. The van der Waals surface area contributed by atoms with Gasteiger partial charge in [0.2, 0.25) is 0 Å². The largest absolute Gasteiger partial charge is 0.460 e. The normalized spacial score (nSPS) is 16.3. The molecule has 0 aliphatic carbocycles. The van der Waals surface area contributed by atoms with Crippen molar-refractivity contribution in [2.45, 2.75) is 54.6 Å². The molecule has 0 heterocycles. The molecule has 0 rings (SSSR count). The third-order valence-corrected chi connectivity index (χ3v) is 3.31. The first-order valence-corrected chi connectivity index (χ1v) is 6.63. The Bertz CT molecular complexity index is 519. The maximum Gasteiger partial charge on any atom is 0.460 e. The van der Waals surface area contributed by atoms with Crippen LogP contribution >= 0.6 is 0 Å². The Morgan fingerprint density at radius 3 is 0.966 bits per heavy atom. The number of hydrogen-bond acceptors (Lipinski definition) is 1. The zero-order valence-corrected chi connectivity index (χ0v) is 13.3. The van der Waals surface area contributed by atoms with Crippen LogP contribution in [-0.4, -0.2) is 60.7 Å². The van der Waals surface area contributed by atoms with Crippen molar-refractivity contribution in [2.24, 2.45) is 0 Å². The number of alkyl halides is 17. The van der Waals surface area contributed by atoms with Crippen molar-refractivity contribution in [3.05, 3.63) is 0 Å². The Morgan fingerprint density at radius 2 is 0.724 bits per heavy atom. The van der Waals surface area contributed by atoms with Gasteiger partial charge in [0.25, 0.3) is 0 Å². The zero-order chi connectivity index (χ0) is 24.1. The molecule has 18 heteroatoms. The predicted molar refractivity (Wildman–Crippen MR) is 59.2 cm³/mol. The fourth-order valence-electron chi connectivity index (χ4n) is 1.51. The lowest BCUT2D eigenvalue weighted by molar-refractivity contribution is -0.395. The van der Waals surface area contributed by atoms with Crippen LogP contribution in [0.15, 0.2) is 0 Å². The van der Waals surface area contributed by atoms with Gasteiger partial charge in [-0.15, -0.1) is 0 Å². The van der Waals surface area contributed by atoms with E-state index < -0.39 is 67.6 Å². The maximum atomic E-state index is 13.1. The summed E-state index contributed by atoms with van der Waals surface area (Å²) in [7, 11) is 0. The molecule has 0 aliphatic rings. The maximum absolute atomic E-state index is 13.1. The van der Waals surface area contributed by atoms with Gasteiger partial charge in [0.05, 0.1) is 13.1 Å². The van der Waals surface area contributed by atoms with E-state index in [2.05, 4.69) is 0 Å². The summed E-state index contributed by atoms with van der Waals surface area (Å²) in [4.78, 5) is 0. The van der Waals surface area contributed by atoms with Crippen molar-refractivity contribution in [3.63, 3.8) is 0 Å². The molecule has 29 heavy (non-hydrogen) atoms. The van der Waals surface area contributed by atoms with Gasteiger partial charge in [-0.25, -0.2) is 0 Å². The lowest BCUT2D eigenvalue weighted by atomic mass is 9.99. The molecule has 0 bridgehead atoms. The molecule has 0 radical (unpaired) electrons. The molecule has 0 saturated heterocycles. The van der Waals surface area contributed by atoms with Crippen molar-refractivity contribution in [3.8, 4) is 0 Å². The van der Waals surface area contributed by atoms with Crippen molar-refractivity contribution in [1.29, 1.82) is 0 Å². The van der Waals surface area contributed by atoms with Gasteiger partial charge in [-0.3, -0.25) is 0 Å². The second-order valence-electron chi connectivity index (χ2n) is 5.70. The molecule has 1 N–H and O–H groups in total. The monoisotopic (exact) mass is 477 g/mol. The lowest BCUT2D eigenvalue weighted by Gasteiger charge is -2.36. The first kappa shape index (κ1) is 27.8. The molecule has 0 aromatic rings. The Labute approximate surface area is 149 Å². The summed E-state index contributed by atoms with van der Waals surface area (Å²) in [5.74, 6) is -47.2. The van der Waals surface area contributed by atoms with Crippen molar-refractivity contribution < 1.29 is 74.6 Å². The standard InChI is InChI=1S/C11H8F17N/c1-4(12,13)7(18,19)8(20,21)5(14,15)2-29-3-6(16,17)9(22,23)10(24,25)11(26,27)28/h29H,2-3H2,1H3. The summed E-state index contributed by atoms with van der Waals surface area (Å²) in [6.45, 7) is -7.39. The number of rotatable bonds is 9. The second kappa shape index (κ2) is 7.18. The molecule has 0 fully saturated rings. The highest BCUT2D eigenvalue weighted by atomic mass is 19.4. The SMILES string of the molecule is CC(F)(F)C(F)(F)C(F)(F)C(F)(F)CNCC(F)(F)C(F)(F)C(F)(F)C(F)(F)F. The molecule has 0 spiro atoms. The van der Waals surface area contributed by atoms with Crippen LogP contribution in [0.5, 0.6) is 0 Å². The van der Waals surface area contributed by atoms with Gasteiger partial charge in [0.1, 0.15) is 0 Å². The third-order valence-electron chi connectivity index (χ3n) is 3.31. The van der Waals surface area contributed by atoms with E-state index in [0.717, 1.165) is 0 Å². The predicted octanol–water partition coefficient (Wildman–Crippen LogP) is 5.61. The van der Waals surface area contributed by atoms with E-state index in [9.17, 15) is 74.6 Å². The van der Waals surface area contributed by atoms with E-state index in [1.807, 2.05) is 0 Å². The highest BCUT2D eigenvalue weighted by molar-refractivity contribution is 5.04. The Kier molecular flexibility index (Phi) is 6.87. The van der Waals surface area contributed by atoms with Gasteiger partial charge in [-0.05, 0) is 0 Å². The molecule has 0 aromatic carbocycles. The number of hydrogen-bond donors (Lipinski definition) is 1. The molecular weight excluding hydrogens is 469 g/mol. The van der Waals surface area contributed by atoms with Crippen molar-refractivity contribution in [2.75, 3.05) is 13.1 Å². The van der Waals surface area contributed by atoms with Gasteiger partial charge >= 0.3 is 47.6 Å². The molecule has 0 aromatic heterocycles. The smallest absolute Gasteiger partial charge is 0.305 e. The van der Waals surface area contributed by atoms with Gasteiger partial charge < -0.3 is 5.32 Å². The third kappa shape index (κ3) is 4.45. The summed E-state index contributed by atoms with van der Waals surface area (Å²) in [5, 5.41) is 0.186. The van der Waals surface area contributed by atoms with E-state index in [4.69, 9.17) is 0 Å². The molecule has 0 unspecified atom stereocenters. The van der Waals surface area contributed by atoms with E-state index in [1.165, 1.54) is 0 Å². The minimum atomic E-state index is -7.42. The average Bonchev–Trinajstić information content (AvgIpc) is 2.43. The molecule has 0 atom stereocenters. The molecule has 0 aliphatic heterocycles. The highest BCUT2D eigenvalue weighted by Gasteiger charge is 2.82. The van der Waals surface area contributed by atoms with Crippen molar-refractivity contribution in [1.82, 2.24) is 5.32 Å². The molecule has 1 nitrogen and oxygen atoms in total. The summed E-state index contributed by atoms with van der Waals surface area (Å²) in [6, 6.07) is 0. The summed E-state index contributed by atoms with van der Waals surface area (Å²) in [6.07, 6.45) is -7.26. The zero-order valence-electron chi connectivity index (χ0n) is 13.3. The van der Waals surface area contributed by atoms with Crippen LogP contribution < -0.4 is 5.32 Å². The minimum absolute atomic E-state index is 0.186. The number of halogens is 17. The van der Waals surface area contributed by atoms with Crippen molar-refractivity contribution >= 4 is 0 Å². The van der Waals surface area contributed by atoms with Crippen LogP contribution in [-0.2, 0) is 0 Å². The van der Waals surface area contributed by atoms with Gasteiger partial charge in [0.15, 0.2) is 0 Å². The topological polar surface area (TPSA) is 12.0 Å². The van der Waals surface area contributed by atoms with E-state index in [-0.39, 0.29) is 5.32 Å². The van der Waals surface area contributed by atoms with Crippen LogP contribution in [0.4, 0.5) is 74.6 Å². The molecule has 0 saturated carbocycles. The molecule has 176 valence electrons. The van der Waals surface area contributed by atoms with Gasteiger partial charge in [-0.1, -0.05) is 0 Å². The fraction of sp³-hybridized carbons (Fsp3) is 1.00. The van der Waals surface area contributed by atoms with Gasteiger partial charge in [0, 0.05) is 6.92 Å². The number of nitrogens with one attached hydrogen (secondary N) is 1.